The summed E-state index contributed by atoms with van der Waals surface area (Å²) in [5.41, 5.74) is 0. The molecule has 1 aliphatic heterocycles. The van der Waals surface area contributed by atoms with E-state index in [1.54, 1.807) is 6.07 Å². The Hall–Kier alpha value is -1.36. The standard InChI is InChI=1S/C12H17FN4/c13-10-3-4-11(15-9-1-2-9)16-12(10)17-7-5-14-6-8-17/h3-4,9,14H,1-2,5-8H2,(H,15,16). The Kier molecular flexibility index (Phi) is 2.84. The highest BCUT2D eigenvalue weighted by atomic mass is 19.1. The molecular formula is C12H17FN4. The van der Waals surface area contributed by atoms with Gasteiger partial charge in [-0.2, -0.15) is 0 Å². The van der Waals surface area contributed by atoms with Crippen molar-refractivity contribution in [3.8, 4) is 0 Å². The molecule has 0 aromatic carbocycles. The number of anilines is 2. The maximum absolute atomic E-state index is 13.8. The first-order valence-electron chi connectivity index (χ1n) is 6.22. The van der Waals surface area contributed by atoms with Crippen LogP contribution < -0.4 is 15.5 Å². The molecule has 4 nitrogen and oxygen atoms in total. The molecule has 1 aromatic rings. The second-order valence-corrected chi connectivity index (χ2v) is 4.66. The molecule has 0 amide bonds. The second-order valence-electron chi connectivity index (χ2n) is 4.66. The third kappa shape index (κ3) is 2.49. The summed E-state index contributed by atoms with van der Waals surface area (Å²) in [6, 6.07) is 3.78. The van der Waals surface area contributed by atoms with Crippen LogP contribution in [0.2, 0.25) is 0 Å². The average Bonchev–Trinajstić information content (AvgIpc) is 3.17. The Morgan fingerprint density at radius 1 is 1.29 bits per heavy atom. The predicted molar refractivity (Wildman–Crippen MR) is 65.9 cm³/mol. The van der Waals surface area contributed by atoms with Crippen LogP contribution in [0.4, 0.5) is 16.0 Å². The van der Waals surface area contributed by atoms with Crippen LogP contribution in [0.5, 0.6) is 0 Å². The van der Waals surface area contributed by atoms with Gasteiger partial charge in [-0.15, -0.1) is 0 Å². The summed E-state index contributed by atoms with van der Waals surface area (Å²) in [7, 11) is 0. The number of hydrogen-bond acceptors (Lipinski definition) is 4. The molecule has 0 spiro atoms. The van der Waals surface area contributed by atoms with Crippen LogP contribution in [-0.4, -0.2) is 37.2 Å². The highest BCUT2D eigenvalue weighted by Crippen LogP contribution is 2.26. The first-order valence-corrected chi connectivity index (χ1v) is 6.22. The van der Waals surface area contributed by atoms with E-state index in [9.17, 15) is 4.39 Å². The van der Waals surface area contributed by atoms with Crippen LogP contribution in [0, 0.1) is 5.82 Å². The van der Waals surface area contributed by atoms with Gasteiger partial charge < -0.3 is 15.5 Å². The Bertz CT molecular complexity index is 399. The van der Waals surface area contributed by atoms with E-state index >= 15 is 0 Å². The van der Waals surface area contributed by atoms with E-state index in [4.69, 9.17) is 0 Å². The third-order valence-electron chi connectivity index (χ3n) is 3.17. The van der Waals surface area contributed by atoms with E-state index in [1.165, 1.54) is 18.9 Å². The molecule has 92 valence electrons. The maximum Gasteiger partial charge on any atom is 0.167 e. The molecule has 0 unspecified atom stereocenters. The Morgan fingerprint density at radius 3 is 2.76 bits per heavy atom. The van der Waals surface area contributed by atoms with Crippen molar-refractivity contribution in [1.29, 1.82) is 0 Å². The van der Waals surface area contributed by atoms with Crippen molar-refractivity contribution in [2.45, 2.75) is 18.9 Å². The molecule has 3 rings (SSSR count). The summed E-state index contributed by atoms with van der Waals surface area (Å²) < 4.78 is 13.8. The minimum atomic E-state index is -0.228. The van der Waals surface area contributed by atoms with Crippen molar-refractivity contribution >= 4 is 11.6 Å². The molecule has 2 aliphatic rings. The Balaban J connectivity index is 1.79. The molecule has 1 aromatic heterocycles. The third-order valence-corrected chi connectivity index (χ3v) is 3.17. The molecule has 17 heavy (non-hydrogen) atoms. The van der Waals surface area contributed by atoms with Gasteiger partial charge in [-0.3, -0.25) is 0 Å². The van der Waals surface area contributed by atoms with E-state index in [-0.39, 0.29) is 5.82 Å². The van der Waals surface area contributed by atoms with Gasteiger partial charge in [-0.25, -0.2) is 9.37 Å². The summed E-state index contributed by atoms with van der Waals surface area (Å²) in [6.45, 7) is 3.41. The lowest BCUT2D eigenvalue weighted by Gasteiger charge is -2.28. The van der Waals surface area contributed by atoms with Crippen LogP contribution in [-0.2, 0) is 0 Å². The van der Waals surface area contributed by atoms with E-state index < -0.39 is 0 Å². The fraction of sp³-hybridized carbons (Fsp3) is 0.583. The maximum atomic E-state index is 13.8. The average molecular weight is 236 g/mol. The number of piperazine rings is 1. The topological polar surface area (TPSA) is 40.2 Å². The molecule has 2 heterocycles. The quantitative estimate of drug-likeness (QED) is 0.827. The lowest BCUT2D eigenvalue weighted by Crippen LogP contribution is -2.44. The zero-order valence-corrected chi connectivity index (χ0v) is 9.75. The smallest absolute Gasteiger partial charge is 0.167 e. The van der Waals surface area contributed by atoms with Gasteiger partial charge in [0.05, 0.1) is 0 Å². The highest BCUT2D eigenvalue weighted by molar-refractivity contribution is 5.49. The van der Waals surface area contributed by atoms with Gasteiger partial charge in [-0.1, -0.05) is 0 Å². The van der Waals surface area contributed by atoms with Crippen LogP contribution in [0.3, 0.4) is 0 Å². The van der Waals surface area contributed by atoms with Gasteiger partial charge in [0.25, 0.3) is 0 Å². The molecule has 0 atom stereocenters. The Morgan fingerprint density at radius 2 is 2.06 bits per heavy atom. The molecule has 1 aliphatic carbocycles. The minimum Gasteiger partial charge on any atom is -0.367 e. The van der Waals surface area contributed by atoms with Gasteiger partial charge in [-0.05, 0) is 25.0 Å². The monoisotopic (exact) mass is 236 g/mol. The van der Waals surface area contributed by atoms with E-state index in [0.717, 1.165) is 32.0 Å². The number of halogens is 1. The summed E-state index contributed by atoms with van der Waals surface area (Å²) in [4.78, 5) is 6.39. The number of nitrogens with zero attached hydrogens (tertiary/aromatic N) is 2. The first-order chi connectivity index (χ1) is 8.33. The molecule has 5 heteroatoms. The van der Waals surface area contributed by atoms with Crippen LogP contribution >= 0.6 is 0 Å². The largest absolute Gasteiger partial charge is 0.367 e. The van der Waals surface area contributed by atoms with Gasteiger partial charge in [0.1, 0.15) is 5.82 Å². The van der Waals surface area contributed by atoms with Gasteiger partial charge in [0, 0.05) is 32.2 Å². The zero-order chi connectivity index (χ0) is 11.7. The van der Waals surface area contributed by atoms with Crippen molar-refractivity contribution in [3.05, 3.63) is 17.9 Å². The lowest BCUT2D eigenvalue weighted by molar-refractivity contribution is 0.559. The first kappa shape index (κ1) is 10.8. The molecule has 1 saturated heterocycles. The van der Waals surface area contributed by atoms with E-state index in [2.05, 4.69) is 15.6 Å². The predicted octanol–water partition coefficient (Wildman–Crippen LogP) is 1.20. The van der Waals surface area contributed by atoms with Crippen LogP contribution in [0.1, 0.15) is 12.8 Å². The Labute approximate surface area is 100 Å². The summed E-state index contributed by atoms with van der Waals surface area (Å²) in [5.74, 6) is 1.05. The van der Waals surface area contributed by atoms with Crippen molar-refractivity contribution in [2.75, 3.05) is 36.4 Å². The molecule has 0 radical (unpaired) electrons. The molecule has 0 bridgehead atoms. The molecule has 2 N–H and O–H groups in total. The van der Waals surface area contributed by atoms with Crippen molar-refractivity contribution in [2.24, 2.45) is 0 Å². The normalized spacial score (nSPS) is 20.4. The number of rotatable bonds is 3. The lowest BCUT2D eigenvalue weighted by atomic mass is 10.3. The van der Waals surface area contributed by atoms with Crippen molar-refractivity contribution < 1.29 is 4.39 Å². The van der Waals surface area contributed by atoms with Gasteiger partial charge in [0.15, 0.2) is 11.6 Å². The molecule has 1 saturated carbocycles. The fourth-order valence-electron chi connectivity index (χ4n) is 2.05. The van der Waals surface area contributed by atoms with Crippen LogP contribution in [0.25, 0.3) is 0 Å². The fourth-order valence-corrected chi connectivity index (χ4v) is 2.05. The number of aromatic nitrogens is 1. The molecular weight excluding hydrogens is 219 g/mol. The highest BCUT2D eigenvalue weighted by Gasteiger charge is 2.22. The SMILES string of the molecule is Fc1ccc(NC2CC2)nc1N1CCNCC1. The van der Waals surface area contributed by atoms with E-state index in [1.807, 2.05) is 4.90 Å². The van der Waals surface area contributed by atoms with E-state index in [0.29, 0.717) is 11.9 Å². The zero-order valence-electron chi connectivity index (χ0n) is 9.75. The summed E-state index contributed by atoms with van der Waals surface area (Å²) >= 11 is 0. The number of pyridine rings is 1. The summed E-state index contributed by atoms with van der Waals surface area (Å²) in [5, 5.41) is 6.56. The minimum absolute atomic E-state index is 0.228. The number of nitrogens with one attached hydrogen (secondary N) is 2. The van der Waals surface area contributed by atoms with Crippen LogP contribution in [0.15, 0.2) is 12.1 Å². The van der Waals surface area contributed by atoms with Crippen molar-refractivity contribution in [1.82, 2.24) is 10.3 Å². The second kappa shape index (κ2) is 4.49. The van der Waals surface area contributed by atoms with Crippen molar-refractivity contribution in [3.63, 3.8) is 0 Å². The van der Waals surface area contributed by atoms with Gasteiger partial charge >= 0.3 is 0 Å². The van der Waals surface area contributed by atoms with Gasteiger partial charge in [0.2, 0.25) is 0 Å². The number of hydrogen-bond donors (Lipinski definition) is 2. The molecule has 2 fully saturated rings. The summed E-state index contributed by atoms with van der Waals surface area (Å²) in [6.07, 6.45) is 2.39.